The molecule has 4 heteroatoms. The minimum atomic E-state index is 0.214. The van der Waals surface area contributed by atoms with Gasteiger partial charge in [-0.2, -0.15) is 0 Å². The van der Waals surface area contributed by atoms with E-state index in [0.29, 0.717) is 18.5 Å². The smallest absolute Gasteiger partial charge is 0.236 e. The Balaban J connectivity index is 1.82. The van der Waals surface area contributed by atoms with Gasteiger partial charge < -0.3 is 9.64 Å². The number of ether oxygens (including phenoxy) is 1. The Kier molecular flexibility index (Phi) is 3.82. The van der Waals surface area contributed by atoms with E-state index in [1.165, 1.54) is 12.8 Å². The predicted octanol–water partition coefficient (Wildman–Crippen LogP) is 0.575. The van der Waals surface area contributed by atoms with Crippen LogP contribution in [0.2, 0.25) is 0 Å². The van der Waals surface area contributed by atoms with Crippen LogP contribution in [0.1, 0.15) is 19.3 Å². The van der Waals surface area contributed by atoms with Crippen molar-refractivity contribution in [1.82, 2.24) is 9.80 Å². The molecule has 0 spiro atoms. The molecule has 1 saturated heterocycles. The normalized spacial score (nSPS) is 25.1. The van der Waals surface area contributed by atoms with Crippen LogP contribution in [0.15, 0.2) is 0 Å². The molecule has 0 N–H and O–H groups in total. The Bertz CT molecular complexity index is 245. The second-order valence-corrected chi connectivity index (χ2v) is 5.18. The number of rotatable bonds is 5. The molecule has 4 nitrogen and oxygen atoms in total. The summed E-state index contributed by atoms with van der Waals surface area (Å²) in [5.74, 6) is 0.848. The maximum Gasteiger partial charge on any atom is 0.236 e. The van der Waals surface area contributed by atoms with Crippen LogP contribution in [-0.4, -0.2) is 62.1 Å². The molecule has 1 amide bonds. The van der Waals surface area contributed by atoms with Gasteiger partial charge in [0.25, 0.3) is 0 Å². The Morgan fingerprint density at radius 3 is 2.56 bits per heavy atom. The van der Waals surface area contributed by atoms with Gasteiger partial charge in [0.05, 0.1) is 13.2 Å². The third-order valence-electron chi connectivity index (χ3n) is 3.42. The van der Waals surface area contributed by atoms with Gasteiger partial charge in [-0.1, -0.05) is 0 Å². The van der Waals surface area contributed by atoms with Gasteiger partial charge in [0.15, 0.2) is 0 Å². The van der Waals surface area contributed by atoms with Crippen LogP contribution in [0.25, 0.3) is 0 Å². The first-order valence-electron chi connectivity index (χ1n) is 6.18. The van der Waals surface area contributed by atoms with E-state index in [9.17, 15) is 4.79 Å². The molecule has 0 bridgehead atoms. The summed E-state index contributed by atoms with van der Waals surface area (Å²) in [5, 5.41) is 0. The fourth-order valence-corrected chi connectivity index (χ4v) is 2.16. The van der Waals surface area contributed by atoms with Gasteiger partial charge in [0, 0.05) is 33.3 Å². The molecule has 0 unspecified atom stereocenters. The van der Waals surface area contributed by atoms with Crippen LogP contribution < -0.4 is 0 Å². The molecule has 0 aromatic rings. The highest BCUT2D eigenvalue weighted by Gasteiger charge is 2.32. The van der Waals surface area contributed by atoms with Crippen molar-refractivity contribution in [2.75, 3.05) is 40.4 Å². The topological polar surface area (TPSA) is 32.8 Å². The molecule has 1 heterocycles. The van der Waals surface area contributed by atoms with Gasteiger partial charge in [0.1, 0.15) is 0 Å². The average molecular weight is 226 g/mol. The van der Waals surface area contributed by atoms with E-state index in [1.807, 2.05) is 14.1 Å². The Hall–Kier alpha value is -0.610. The van der Waals surface area contributed by atoms with Crippen molar-refractivity contribution < 1.29 is 9.53 Å². The van der Waals surface area contributed by atoms with Crippen LogP contribution in [0, 0.1) is 5.92 Å². The van der Waals surface area contributed by atoms with Crippen LogP contribution in [-0.2, 0) is 9.53 Å². The van der Waals surface area contributed by atoms with Crippen LogP contribution in [0.4, 0.5) is 0 Å². The number of likely N-dealkylation sites (N-methyl/N-ethyl adjacent to an activating group) is 1. The van der Waals surface area contributed by atoms with E-state index < -0.39 is 0 Å². The molecular weight excluding hydrogens is 204 g/mol. The fourth-order valence-electron chi connectivity index (χ4n) is 2.16. The number of carbonyl (C=O) groups excluding carboxylic acids is 1. The summed E-state index contributed by atoms with van der Waals surface area (Å²) in [6, 6.07) is 0.657. The minimum Gasteiger partial charge on any atom is -0.381 e. The van der Waals surface area contributed by atoms with Crippen molar-refractivity contribution in [1.29, 1.82) is 0 Å². The molecule has 92 valence electrons. The van der Waals surface area contributed by atoms with E-state index in [-0.39, 0.29) is 5.91 Å². The molecule has 1 saturated carbocycles. The zero-order valence-corrected chi connectivity index (χ0v) is 10.3. The predicted molar refractivity (Wildman–Crippen MR) is 62.2 cm³/mol. The van der Waals surface area contributed by atoms with Crippen molar-refractivity contribution in [3.63, 3.8) is 0 Å². The maximum absolute atomic E-state index is 11.7. The van der Waals surface area contributed by atoms with Gasteiger partial charge in [0.2, 0.25) is 5.91 Å². The van der Waals surface area contributed by atoms with Gasteiger partial charge in [-0.05, 0) is 25.2 Å². The first kappa shape index (κ1) is 11.9. The number of nitrogens with zero attached hydrogens (tertiary/aromatic N) is 2. The summed E-state index contributed by atoms with van der Waals surface area (Å²) in [7, 11) is 3.65. The second kappa shape index (κ2) is 5.15. The average Bonchev–Trinajstić information content (AvgIpc) is 2.97. The standard InChI is InChI=1S/C12H22N2O2/c1-13(2)12(15)8-14(11-3-4-11)7-10-5-6-16-9-10/h10-11H,3-9H2,1-2H3/t10-/m0/s1. The highest BCUT2D eigenvalue weighted by Crippen LogP contribution is 2.28. The number of hydrogen-bond donors (Lipinski definition) is 0. The summed E-state index contributed by atoms with van der Waals surface area (Å²) in [6.07, 6.45) is 3.67. The van der Waals surface area contributed by atoms with Crippen LogP contribution in [0.3, 0.4) is 0 Å². The molecule has 2 rings (SSSR count). The van der Waals surface area contributed by atoms with Gasteiger partial charge in [-0.25, -0.2) is 0 Å². The molecule has 0 aromatic heterocycles. The lowest BCUT2D eigenvalue weighted by atomic mass is 10.1. The number of hydrogen-bond acceptors (Lipinski definition) is 3. The molecule has 2 aliphatic rings. The molecule has 1 atom stereocenters. The van der Waals surface area contributed by atoms with E-state index in [0.717, 1.165) is 26.2 Å². The maximum atomic E-state index is 11.7. The lowest BCUT2D eigenvalue weighted by Crippen LogP contribution is -2.40. The van der Waals surface area contributed by atoms with Crippen LogP contribution in [0.5, 0.6) is 0 Å². The van der Waals surface area contributed by atoms with Crippen molar-refractivity contribution in [3.8, 4) is 0 Å². The molecule has 2 fully saturated rings. The third kappa shape index (κ3) is 3.19. The van der Waals surface area contributed by atoms with Crippen LogP contribution >= 0.6 is 0 Å². The Morgan fingerprint density at radius 1 is 1.31 bits per heavy atom. The van der Waals surface area contributed by atoms with E-state index >= 15 is 0 Å². The minimum absolute atomic E-state index is 0.214. The van der Waals surface area contributed by atoms with Crippen molar-refractivity contribution >= 4 is 5.91 Å². The highest BCUT2D eigenvalue weighted by atomic mass is 16.5. The molecule has 16 heavy (non-hydrogen) atoms. The Morgan fingerprint density at radius 2 is 2.06 bits per heavy atom. The van der Waals surface area contributed by atoms with E-state index in [4.69, 9.17) is 4.74 Å². The third-order valence-corrected chi connectivity index (χ3v) is 3.42. The zero-order chi connectivity index (χ0) is 11.5. The fraction of sp³-hybridized carbons (Fsp3) is 0.917. The summed E-state index contributed by atoms with van der Waals surface area (Å²) in [4.78, 5) is 15.7. The largest absolute Gasteiger partial charge is 0.381 e. The lowest BCUT2D eigenvalue weighted by molar-refractivity contribution is -0.130. The molecule has 0 radical (unpaired) electrons. The molecule has 0 aromatic carbocycles. The number of carbonyl (C=O) groups is 1. The number of amides is 1. The molecule has 1 aliphatic carbocycles. The summed E-state index contributed by atoms with van der Waals surface area (Å²) in [6.45, 7) is 3.38. The second-order valence-electron chi connectivity index (χ2n) is 5.18. The van der Waals surface area contributed by atoms with Crippen molar-refractivity contribution in [2.24, 2.45) is 5.92 Å². The van der Waals surface area contributed by atoms with Crippen molar-refractivity contribution in [2.45, 2.75) is 25.3 Å². The van der Waals surface area contributed by atoms with E-state index in [2.05, 4.69) is 4.90 Å². The molecular formula is C12H22N2O2. The Labute approximate surface area is 97.5 Å². The first-order chi connectivity index (χ1) is 7.66. The van der Waals surface area contributed by atoms with E-state index in [1.54, 1.807) is 4.90 Å². The summed E-state index contributed by atoms with van der Waals surface area (Å²) >= 11 is 0. The molecule has 1 aliphatic heterocycles. The van der Waals surface area contributed by atoms with Gasteiger partial charge in [-0.15, -0.1) is 0 Å². The van der Waals surface area contributed by atoms with Gasteiger partial charge >= 0.3 is 0 Å². The SMILES string of the molecule is CN(C)C(=O)CN(C[C@@H]1CCOC1)C1CC1. The van der Waals surface area contributed by atoms with Gasteiger partial charge in [-0.3, -0.25) is 9.69 Å². The summed E-state index contributed by atoms with van der Waals surface area (Å²) in [5.41, 5.74) is 0. The summed E-state index contributed by atoms with van der Waals surface area (Å²) < 4.78 is 5.39. The van der Waals surface area contributed by atoms with Crippen molar-refractivity contribution in [3.05, 3.63) is 0 Å². The quantitative estimate of drug-likeness (QED) is 0.687. The monoisotopic (exact) mass is 226 g/mol. The highest BCUT2D eigenvalue weighted by molar-refractivity contribution is 5.77. The lowest BCUT2D eigenvalue weighted by Gasteiger charge is -2.25. The zero-order valence-electron chi connectivity index (χ0n) is 10.3. The first-order valence-corrected chi connectivity index (χ1v) is 6.18.